The zero-order chi connectivity index (χ0) is 16.3. The molecule has 0 spiro atoms. The van der Waals surface area contributed by atoms with Gasteiger partial charge in [0.1, 0.15) is 0 Å². The standard InChI is InChI=1S/C16H27N3O3/c1-11(18-7-3-5-14(18)20)9-13(16(17)22)10-12(2)19-8-4-6-15(19)21/h11-13H,3-10H2,1-2H3,(H2,17,22). The first-order valence-corrected chi connectivity index (χ1v) is 8.28. The lowest BCUT2D eigenvalue weighted by atomic mass is 9.92. The number of hydrogen-bond acceptors (Lipinski definition) is 3. The number of carbonyl (C=O) groups is 3. The molecule has 6 nitrogen and oxygen atoms in total. The second-order valence-corrected chi connectivity index (χ2v) is 6.65. The molecule has 2 fully saturated rings. The summed E-state index contributed by atoms with van der Waals surface area (Å²) >= 11 is 0. The van der Waals surface area contributed by atoms with Gasteiger partial charge >= 0.3 is 0 Å². The molecule has 3 amide bonds. The van der Waals surface area contributed by atoms with E-state index in [9.17, 15) is 14.4 Å². The van der Waals surface area contributed by atoms with Gasteiger partial charge in [0.2, 0.25) is 17.7 Å². The summed E-state index contributed by atoms with van der Waals surface area (Å²) in [4.78, 5) is 39.1. The van der Waals surface area contributed by atoms with Crippen LogP contribution in [0.1, 0.15) is 52.4 Å². The van der Waals surface area contributed by atoms with E-state index >= 15 is 0 Å². The number of nitrogens with zero attached hydrogens (tertiary/aromatic N) is 2. The van der Waals surface area contributed by atoms with Gasteiger partial charge in [0.15, 0.2) is 0 Å². The average molecular weight is 309 g/mol. The molecular weight excluding hydrogens is 282 g/mol. The summed E-state index contributed by atoms with van der Waals surface area (Å²) in [5, 5.41) is 0. The number of carbonyl (C=O) groups excluding carboxylic acids is 3. The van der Waals surface area contributed by atoms with Gasteiger partial charge < -0.3 is 15.5 Å². The third kappa shape index (κ3) is 3.78. The number of nitrogens with two attached hydrogens (primary N) is 1. The lowest BCUT2D eigenvalue weighted by molar-refractivity contribution is -0.132. The van der Waals surface area contributed by atoms with Crippen molar-refractivity contribution in [1.82, 2.24) is 9.80 Å². The van der Waals surface area contributed by atoms with Crippen molar-refractivity contribution in [2.45, 2.75) is 64.5 Å². The summed E-state index contributed by atoms with van der Waals surface area (Å²) in [6.45, 7) is 5.49. The fourth-order valence-corrected chi connectivity index (χ4v) is 3.68. The molecule has 2 aliphatic heterocycles. The number of primary amides is 1. The van der Waals surface area contributed by atoms with Gasteiger partial charge in [0, 0.05) is 43.9 Å². The van der Waals surface area contributed by atoms with Crippen LogP contribution in [0.3, 0.4) is 0 Å². The molecule has 22 heavy (non-hydrogen) atoms. The summed E-state index contributed by atoms with van der Waals surface area (Å²) in [6, 6.07) is 0.0444. The van der Waals surface area contributed by atoms with Crippen LogP contribution in [0.25, 0.3) is 0 Å². The predicted molar refractivity (Wildman–Crippen MR) is 82.7 cm³/mol. The van der Waals surface area contributed by atoms with Crippen molar-refractivity contribution in [3.05, 3.63) is 0 Å². The highest BCUT2D eigenvalue weighted by molar-refractivity contribution is 5.80. The second kappa shape index (κ2) is 7.11. The van der Waals surface area contributed by atoms with Crippen LogP contribution >= 0.6 is 0 Å². The van der Waals surface area contributed by atoms with Gasteiger partial charge in [-0.05, 0) is 39.5 Å². The van der Waals surface area contributed by atoms with Crippen LogP contribution in [0, 0.1) is 5.92 Å². The Labute approximate surface area is 132 Å². The normalized spacial score (nSPS) is 23.0. The minimum Gasteiger partial charge on any atom is -0.369 e. The van der Waals surface area contributed by atoms with Crippen LogP contribution in [-0.4, -0.2) is 52.7 Å². The molecule has 2 atom stereocenters. The van der Waals surface area contributed by atoms with Crippen molar-refractivity contribution in [3.8, 4) is 0 Å². The van der Waals surface area contributed by atoms with Crippen molar-refractivity contribution in [1.29, 1.82) is 0 Å². The molecule has 0 radical (unpaired) electrons. The average Bonchev–Trinajstić information content (AvgIpc) is 3.06. The first kappa shape index (κ1) is 16.8. The van der Waals surface area contributed by atoms with E-state index in [2.05, 4.69) is 0 Å². The number of likely N-dealkylation sites (tertiary alicyclic amines) is 2. The molecule has 2 unspecified atom stereocenters. The zero-order valence-electron chi connectivity index (χ0n) is 13.6. The molecule has 0 saturated carbocycles. The molecule has 2 saturated heterocycles. The van der Waals surface area contributed by atoms with Crippen LogP contribution in [0.15, 0.2) is 0 Å². The summed E-state index contributed by atoms with van der Waals surface area (Å²) < 4.78 is 0. The third-order valence-electron chi connectivity index (χ3n) is 4.94. The van der Waals surface area contributed by atoms with Crippen molar-refractivity contribution < 1.29 is 14.4 Å². The number of hydrogen-bond donors (Lipinski definition) is 1. The maximum atomic E-state index is 11.8. The first-order valence-electron chi connectivity index (χ1n) is 8.28. The smallest absolute Gasteiger partial charge is 0.222 e. The van der Waals surface area contributed by atoms with Crippen LogP contribution < -0.4 is 5.73 Å². The van der Waals surface area contributed by atoms with Crippen molar-refractivity contribution in [2.24, 2.45) is 11.7 Å². The predicted octanol–water partition coefficient (Wildman–Crippen LogP) is 0.890. The Morgan fingerprint density at radius 3 is 1.68 bits per heavy atom. The Bertz CT molecular complexity index is 418. The van der Waals surface area contributed by atoms with Crippen LogP contribution in [0.5, 0.6) is 0 Å². The highest BCUT2D eigenvalue weighted by Gasteiger charge is 2.32. The summed E-state index contributed by atoms with van der Waals surface area (Å²) in [7, 11) is 0. The molecule has 0 aromatic heterocycles. The molecule has 0 aliphatic carbocycles. The van der Waals surface area contributed by atoms with E-state index in [4.69, 9.17) is 5.73 Å². The SMILES string of the molecule is CC(CC(CC(C)N1CCCC1=O)C(N)=O)N1CCCC1=O. The van der Waals surface area contributed by atoms with Crippen LogP contribution in [-0.2, 0) is 14.4 Å². The molecule has 2 rings (SSSR count). The Balaban J connectivity index is 1.93. The summed E-state index contributed by atoms with van der Waals surface area (Å²) in [5.74, 6) is -0.305. The van der Waals surface area contributed by atoms with E-state index in [0.29, 0.717) is 25.7 Å². The van der Waals surface area contributed by atoms with Crippen LogP contribution in [0.2, 0.25) is 0 Å². The highest BCUT2D eigenvalue weighted by atomic mass is 16.2. The maximum Gasteiger partial charge on any atom is 0.222 e. The Kier molecular flexibility index (Phi) is 5.42. The fraction of sp³-hybridized carbons (Fsp3) is 0.812. The van der Waals surface area contributed by atoms with Gasteiger partial charge in [-0.2, -0.15) is 0 Å². The summed E-state index contributed by atoms with van der Waals surface area (Å²) in [6.07, 6.45) is 4.14. The first-order chi connectivity index (χ1) is 10.4. The lowest BCUT2D eigenvalue weighted by Gasteiger charge is -2.31. The minimum absolute atomic E-state index is 0.0222. The molecule has 6 heteroatoms. The third-order valence-corrected chi connectivity index (χ3v) is 4.94. The molecule has 0 bridgehead atoms. The zero-order valence-corrected chi connectivity index (χ0v) is 13.6. The van der Waals surface area contributed by atoms with E-state index in [1.54, 1.807) is 0 Å². The van der Waals surface area contributed by atoms with Gasteiger partial charge in [0.05, 0.1) is 0 Å². The topological polar surface area (TPSA) is 83.7 Å². The quantitative estimate of drug-likeness (QED) is 0.758. The molecule has 2 N–H and O–H groups in total. The fourth-order valence-electron chi connectivity index (χ4n) is 3.68. The largest absolute Gasteiger partial charge is 0.369 e. The van der Waals surface area contributed by atoms with Crippen molar-refractivity contribution in [3.63, 3.8) is 0 Å². The van der Waals surface area contributed by atoms with E-state index in [0.717, 1.165) is 25.9 Å². The molecule has 2 heterocycles. The van der Waals surface area contributed by atoms with Crippen molar-refractivity contribution >= 4 is 17.7 Å². The van der Waals surface area contributed by atoms with E-state index in [-0.39, 0.29) is 35.7 Å². The number of amides is 3. The van der Waals surface area contributed by atoms with Crippen LogP contribution in [0.4, 0.5) is 0 Å². The second-order valence-electron chi connectivity index (χ2n) is 6.65. The molecule has 124 valence electrons. The Morgan fingerprint density at radius 1 is 1.00 bits per heavy atom. The minimum atomic E-state index is -0.336. The number of rotatable bonds is 7. The van der Waals surface area contributed by atoms with Gasteiger partial charge in [-0.3, -0.25) is 14.4 Å². The highest BCUT2D eigenvalue weighted by Crippen LogP contribution is 2.24. The van der Waals surface area contributed by atoms with Gasteiger partial charge in [0.25, 0.3) is 0 Å². The molecular formula is C16H27N3O3. The molecule has 0 aromatic carbocycles. The Hall–Kier alpha value is -1.59. The lowest BCUT2D eigenvalue weighted by Crippen LogP contribution is -2.41. The van der Waals surface area contributed by atoms with Gasteiger partial charge in [-0.25, -0.2) is 0 Å². The van der Waals surface area contributed by atoms with Crippen molar-refractivity contribution in [2.75, 3.05) is 13.1 Å². The summed E-state index contributed by atoms with van der Waals surface area (Å²) in [5.41, 5.74) is 5.55. The molecule has 2 aliphatic rings. The monoisotopic (exact) mass is 309 g/mol. The molecule has 0 aromatic rings. The maximum absolute atomic E-state index is 11.8. The van der Waals surface area contributed by atoms with E-state index in [1.165, 1.54) is 0 Å². The van der Waals surface area contributed by atoms with E-state index in [1.807, 2.05) is 23.6 Å². The van der Waals surface area contributed by atoms with Gasteiger partial charge in [-0.15, -0.1) is 0 Å². The van der Waals surface area contributed by atoms with Gasteiger partial charge in [-0.1, -0.05) is 0 Å². The Morgan fingerprint density at radius 2 is 1.41 bits per heavy atom. The van der Waals surface area contributed by atoms with E-state index < -0.39 is 0 Å².